The van der Waals surface area contributed by atoms with Gasteiger partial charge in [0.25, 0.3) is 0 Å². The lowest BCUT2D eigenvalue weighted by Gasteiger charge is -2.34. The van der Waals surface area contributed by atoms with Crippen LogP contribution in [-0.2, 0) is 12.7 Å². The number of alkyl halides is 3. The van der Waals surface area contributed by atoms with Crippen LogP contribution in [0.3, 0.4) is 0 Å². The number of halogens is 3. The Kier molecular flexibility index (Phi) is 4.79. The van der Waals surface area contributed by atoms with Crippen LogP contribution in [0.2, 0.25) is 0 Å². The van der Waals surface area contributed by atoms with Gasteiger partial charge in [-0.25, -0.2) is 4.98 Å². The number of phenolic OH excluding ortho intramolecular Hbond substituents is 1. The Morgan fingerprint density at radius 3 is 2.82 bits per heavy atom. The normalized spacial score (nSPS) is 18.6. The Morgan fingerprint density at radius 2 is 2.04 bits per heavy atom. The minimum Gasteiger partial charge on any atom is -0.508 e. The van der Waals surface area contributed by atoms with Crippen molar-refractivity contribution < 1.29 is 18.3 Å². The molecular weight excluding hydrogens is 367 g/mol. The first-order valence-electron chi connectivity index (χ1n) is 9.40. The number of fused-ring (bicyclic) bond motifs is 1. The molecule has 1 unspecified atom stereocenters. The van der Waals surface area contributed by atoms with Gasteiger partial charge in [0.05, 0.1) is 22.6 Å². The van der Waals surface area contributed by atoms with E-state index in [2.05, 4.69) is 14.9 Å². The number of likely N-dealkylation sites (tertiary alicyclic amines) is 1. The van der Waals surface area contributed by atoms with Crippen molar-refractivity contribution in [2.45, 2.75) is 44.9 Å². The zero-order valence-corrected chi connectivity index (χ0v) is 15.6. The van der Waals surface area contributed by atoms with Gasteiger partial charge in [0.15, 0.2) is 0 Å². The lowest BCUT2D eigenvalue weighted by Crippen LogP contribution is -2.33. The fraction of sp³-hybridized carbons (Fsp3) is 0.381. The molecule has 1 aliphatic heterocycles. The summed E-state index contributed by atoms with van der Waals surface area (Å²) in [7, 11) is 0. The van der Waals surface area contributed by atoms with Crippen molar-refractivity contribution in [1.82, 2.24) is 14.9 Å². The number of hydrogen-bond donors (Lipinski definition) is 2. The van der Waals surface area contributed by atoms with Crippen LogP contribution >= 0.6 is 0 Å². The third-order valence-electron chi connectivity index (χ3n) is 5.39. The topological polar surface area (TPSA) is 52.2 Å². The summed E-state index contributed by atoms with van der Waals surface area (Å²) < 4.78 is 39.1. The van der Waals surface area contributed by atoms with E-state index < -0.39 is 11.7 Å². The number of phenols is 1. The minimum atomic E-state index is -4.34. The van der Waals surface area contributed by atoms with Gasteiger partial charge in [-0.2, -0.15) is 13.2 Å². The molecule has 1 atom stereocenters. The molecule has 0 radical (unpaired) electrons. The molecule has 1 saturated heterocycles. The molecule has 0 amide bonds. The van der Waals surface area contributed by atoms with Crippen molar-refractivity contribution in [3.8, 4) is 5.75 Å². The minimum absolute atomic E-state index is 0.0122. The molecule has 0 bridgehead atoms. The second-order valence-corrected chi connectivity index (χ2v) is 7.46. The van der Waals surface area contributed by atoms with Crippen molar-refractivity contribution in [2.75, 3.05) is 6.54 Å². The van der Waals surface area contributed by atoms with Crippen molar-refractivity contribution in [1.29, 1.82) is 0 Å². The average Bonchev–Trinajstić information content (AvgIpc) is 3.04. The molecule has 1 aliphatic rings. The number of nitrogens with zero attached hydrogens (tertiary/aromatic N) is 2. The number of imidazole rings is 1. The van der Waals surface area contributed by atoms with E-state index in [9.17, 15) is 18.3 Å². The molecule has 2 heterocycles. The molecule has 0 spiro atoms. The number of aromatic hydroxyl groups is 1. The molecule has 2 N–H and O–H groups in total. The van der Waals surface area contributed by atoms with Crippen LogP contribution in [0.5, 0.6) is 5.75 Å². The highest BCUT2D eigenvalue weighted by Gasteiger charge is 2.31. The van der Waals surface area contributed by atoms with E-state index >= 15 is 0 Å². The van der Waals surface area contributed by atoms with Crippen molar-refractivity contribution in [2.24, 2.45) is 0 Å². The summed E-state index contributed by atoms with van der Waals surface area (Å²) in [6, 6.07) is 9.05. The van der Waals surface area contributed by atoms with Crippen LogP contribution in [-0.4, -0.2) is 26.5 Å². The Labute approximate surface area is 161 Å². The first kappa shape index (κ1) is 18.8. The molecule has 4 nitrogen and oxygen atoms in total. The van der Waals surface area contributed by atoms with E-state index in [1.807, 2.05) is 13.0 Å². The van der Waals surface area contributed by atoms with Gasteiger partial charge in [0, 0.05) is 12.6 Å². The molecule has 3 aromatic rings. The predicted octanol–water partition coefficient (Wildman–Crippen LogP) is 5.32. The molecule has 0 aliphatic carbocycles. The van der Waals surface area contributed by atoms with Gasteiger partial charge < -0.3 is 10.1 Å². The smallest absolute Gasteiger partial charge is 0.416 e. The van der Waals surface area contributed by atoms with Crippen molar-refractivity contribution in [3.05, 3.63) is 58.9 Å². The van der Waals surface area contributed by atoms with E-state index in [0.29, 0.717) is 17.6 Å². The zero-order valence-electron chi connectivity index (χ0n) is 15.6. The quantitative estimate of drug-likeness (QED) is 0.637. The molecule has 148 valence electrons. The van der Waals surface area contributed by atoms with Gasteiger partial charge in [-0.3, -0.25) is 4.90 Å². The number of rotatable bonds is 3. The number of hydrogen-bond acceptors (Lipinski definition) is 3. The highest BCUT2D eigenvalue weighted by Crippen LogP contribution is 2.34. The number of H-pyrrole nitrogens is 1. The van der Waals surface area contributed by atoms with Crippen LogP contribution < -0.4 is 0 Å². The molecule has 0 saturated carbocycles. The Balaban J connectivity index is 1.62. The molecule has 28 heavy (non-hydrogen) atoms. The van der Waals surface area contributed by atoms with Crippen LogP contribution in [0.4, 0.5) is 13.2 Å². The Hall–Kier alpha value is -2.54. The molecule has 1 aromatic heterocycles. The number of benzene rings is 2. The van der Waals surface area contributed by atoms with Gasteiger partial charge in [-0.05, 0) is 49.6 Å². The van der Waals surface area contributed by atoms with E-state index in [0.717, 1.165) is 48.8 Å². The Bertz CT molecular complexity index is 957. The zero-order chi connectivity index (χ0) is 19.9. The Morgan fingerprint density at radius 1 is 1.21 bits per heavy atom. The highest BCUT2D eigenvalue weighted by molar-refractivity contribution is 5.78. The fourth-order valence-corrected chi connectivity index (χ4v) is 3.90. The summed E-state index contributed by atoms with van der Waals surface area (Å²) in [5, 5.41) is 9.92. The maximum absolute atomic E-state index is 13.0. The summed E-state index contributed by atoms with van der Waals surface area (Å²) >= 11 is 0. The third-order valence-corrected chi connectivity index (χ3v) is 5.39. The van der Waals surface area contributed by atoms with Crippen LogP contribution in [0, 0.1) is 6.92 Å². The maximum Gasteiger partial charge on any atom is 0.416 e. The molecule has 4 rings (SSSR count). The second kappa shape index (κ2) is 7.13. The summed E-state index contributed by atoms with van der Waals surface area (Å²) in [6.07, 6.45) is -1.39. The summed E-state index contributed by atoms with van der Waals surface area (Å²) in [6.45, 7) is 3.08. The monoisotopic (exact) mass is 389 g/mol. The molecule has 1 fully saturated rings. The van der Waals surface area contributed by atoms with E-state index in [1.165, 1.54) is 12.1 Å². The van der Waals surface area contributed by atoms with E-state index in [4.69, 9.17) is 0 Å². The van der Waals surface area contributed by atoms with Gasteiger partial charge in [0.2, 0.25) is 0 Å². The van der Waals surface area contributed by atoms with Gasteiger partial charge in [-0.15, -0.1) is 0 Å². The first-order valence-corrected chi connectivity index (χ1v) is 9.40. The number of aromatic amines is 1. The summed E-state index contributed by atoms with van der Waals surface area (Å²) in [5.41, 5.74) is 2.35. The van der Waals surface area contributed by atoms with Gasteiger partial charge in [0.1, 0.15) is 11.6 Å². The summed E-state index contributed by atoms with van der Waals surface area (Å²) in [5.74, 6) is 1.00. The van der Waals surface area contributed by atoms with Crippen molar-refractivity contribution >= 4 is 11.0 Å². The lowest BCUT2D eigenvalue weighted by molar-refractivity contribution is -0.137. The standard InChI is InChI=1S/C21H22F3N3O/c1-13-9-16-17(11-19(13)28)26-20(25-16)18-7-2-3-8-27(18)12-14-5-4-6-15(10-14)21(22,23)24/h4-6,9-11,18,28H,2-3,7-8,12H2,1H3,(H,25,26). The van der Waals surface area contributed by atoms with Crippen molar-refractivity contribution in [3.63, 3.8) is 0 Å². The number of piperidine rings is 1. The van der Waals surface area contributed by atoms with Gasteiger partial charge in [-0.1, -0.05) is 24.6 Å². The first-order chi connectivity index (χ1) is 13.3. The fourth-order valence-electron chi connectivity index (χ4n) is 3.90. The van der Waals surface area contributed by atoms with E-state index in [-0.39, 0.29) is 11.8 Å². The lowest BCUT2D eigenvalue weighted by atomic mass is 10.00. The molecular formula is C21H22F3N3O. The number of aromatic nitrogens is 2. The maximum atomic E-state index is 13.0. The molecule has 7 heteroatoms. The average molecular weight is 389 g/mol. The molecule has 2 aromatic carbocycles. The summed E-state index contributed by atoms with van der Waals surface area (Å²) in [4.78, 5) is 10.2. The predicted molar refractivity (Wildman–Crippen MR) is 101 cm³/mol. The van der Waals surface area contributed by atoms with Crippen LogP contribution in [0.15, 0.2) is 36.4 Å². The SMILES string of the molecule is Cc1cc2[nH]c(C3CCCCN3Cc3cccc(C(F)(F)F)c3)nc2cc1O. The highest BCUT2D eigenvalue weighted by atomic mass is 19.4. The number of aryl methyl sites for hydroxylation is 1. The third kappa shape index (κ3) is 3.71. The second-order valence-electron chi connectivity index (χ2n) is 7.46. The van der Waals surface area contributed by atoms with Crippen LogP contribution in [0.25, 0.3) is 11.0 Å². The largest absolute Gasteiger partial charge is 0.508 e. The van der Waals surface area contributed by atoms with Crippen LogP contribution in [0.1, 0.15) is 47.8 Å². The van der Waals surface area contributed by atoms with E-state index in [1.54, 1.807) is 12.1 Å². The number of nitrogens with one attached hydrogen (secondary N) is 1. The van der Waals surface area contributed by atoms with Gasteiger partial charge >= 0.3 is 6.18 Å².